The van der Waals surface area contributed by atoms with E-state index in [-0.39, 0.29) is 5.92 Å². The first-order valence-electron chi connectivity index (χ1n) is 6.14. The van der Waals surface area contributed by atoms with Crippen molar-refractivity contribution in [2.45, 2.75) is 18.9 Å². The molecule has 0 spiro atoms. The van der Waals surface area contributed by atoms with Crippen molar-refractivity contribution in [1.29, 1.82) is 0 Å². The van der Waals surface area contributed by atoms with Crippen molar-refractivity contribution in [3.8, 4) is 0 Å². The van der Waals surface area contributed by atoms with Crippen LogP contribution >= 0.6 is 0 Å². The minimum atomic E-state index is -0.550. The Balaban J connectivity index is 2.32. The molecule has 0 fully saturated rings. The van der Waals surface area contributed by atoms with Crippen LogP contribution < -0.4 is 0 Å². The molecular formula is C17H18O. The van der Waals surface area contributed by atoms with Crippen molar-refractivity contribution in [3.05, 3.63) is 83.9 Å². The quantitative estimate of drug-likeness (QED) is 0.798. The second kappa shape index (κ2) is 5.65. The van der Waals surface area contributed by atoms with Crippen LogP contribution in [-0.2, 0) is 0 Å². The fourth-order valence-corrected chi connectivity index (χ4v) is 2.18. The van der Waals surface area contributed by atoms with E-state index in [0.29, 0.717) is 0 Å². The SMILES string of the molecule is C=C[C@H](c1cccc(C)c1)[C@H](O)c1ccccc1. The first kappa shape index (κ1) is 12.6. The highest BCUT2D eigenvalue weighted by atomic mass is 16.3. The molecule has 2 aromatic rings. The molecule has 0 aliphatic carbocycles. The largest absolute Gasteiger partial charge is 0.387 e. The van der Waals surface area contributed by atoms with Crippen LogP contribution in [0.25, 0.3) is 0 Å². The molecule has 0 saturated heterocycles. The number of aryl methyl sites for hydroxylation is 1. The Morgan fingerprint density at radius 3 is 2.28 bits per heavy atom. The van der Waals surface area contributed by atoms with Crippen molar-refractivity contribution >= 4 is 0 Å². The van der Waals surface area contributed by atoms with Gasteiger partial charge in [0.1, 0.15) is 0 Å². The number of rotatable bonds is 4. The van der Waals surface area contributed by atoms with Crippen LogP contribution in [0, 0.1) is 6.92 Å². The Morgan fingerprint density at radius 2 is 1.67 bits per heavy atom. The maximum absolute atomic E-state index is 10.5. The highest BCUT2D eigenvalue weighted by Crippen LogP contribution is 2.31. The minimum absolute atomic E-state index is 0.0766. The molecule has 2 rings (SSSR count). The Labute approximate surface area is 108 Å². The topological polar surface area (TPSA) is 20.2 Å². The molecule has 2 aromatic carbocycles. The fraction of sp³-hybridized carbons (Fsp3) is 0.176. The first-order valence-corrected chi connectivity index (χ1v) is 6.14. The Bertz CT molecular complexity index is 516. The number of hydrogen-bond donors (Lipinski definition) is 1. The van der Waals surface area contributed by atoms with Crippen LogP contribution in [-0.4, -0.2) is 5.11 Å². The van der Waals surface area contributed by atoms with Gasteiger partial charge in [0.05, 0.1) is 6.10 Å². The summed E-state index contributed by atoms with van der Waals surface area (Å²) >= 11 is 0. The summed E-state index contributed by atoms with van der Waals surface area (Å²) in [5, 5.41) is 10.5. The third-order valence-corrected chi connectivity index (χ3v) is 3.16. The predicted molar refractivity (Wildman–Crippen MR) is 75.5 cm³/mol. The summed E-state index contributed by atoms with van der Waals surface area (Å²) in [5.41, 5.74) is 3.21. The van der Waals surface area contributed by atoms with E-state index in [1.54, 1.807) is 0 Å². The van der Waals surface area contributed by atoms with Gasteiger partial charge >= 0.3 is 0 Å². The molecule has 92 valence electrons. The summed E-state index contributed by atoms with van der Waals surface area (Å²) in [6.45, 7) is 5.91. The van der Waals surface area contributed by atoms with Gasteiger partial charge in [0, 0.05) is 5.92 Å². The second-order valence-corrected chi connectivity index (χ2v) is 4.53. The third-order valence-electron chi connectivity index (χ3n) is 3.16. The molecule has 1 heteroatoms. The number of aliphatic hydroxyl groups excluding tert-OH is 1. The molecule has 0 saturated carbocycles. The summed E-state index contributed by atoms with van der Waals surface area (Å²) in [5.74, 6) is -0.0766. The molecule has 0 unspecified atom stereocenters. The van der Waals surface area contributed by atoms with Gasteiger partial charge < -0.3 is 5.11 Å². The lowest BCUT2D eigenvalue weighted by Gasteiger charge is -2.20. The second-order valence-electron chi connectivity index (χ2n) is 4.53. The summed E-state index contributed by atoms with van der Waals surface area (Å²) in [4.78, 5) is 0. The molecule has 1 nitrogen and oxygen atoms in total. The third kappa shape index (κ3) is 2.69. The summed E-state index contributed by atoms with van der Waals surface area (Å²) < 4.78 is 0. The number of hydrogen-bond acceptors (Lipinski definition) is 1. The van der Waals surface area contributed by atoms with E-state index in [1.165, 1.54) is 5.56 Å². The molecule has 18 heavy (non-hydrogen) atoms. The van der Waals surface area contributed by atoms with Gasteiger partial charge in [-0.25, -0.2) is 0 Å². The average Bonchev–Trinajstić information content (AvgIpc) is 2.40. The predicted octanol–water partition coefficient (Wildman–Crippen LogP) is 4.00. The van der Waals surface area contributed by atoms with Crippen LogP contribution in [0.5, 0.6) is 0 Å². The smallest absolute Gasteiger partial charge is 0.0893 e. The zero-order chi connectivity index (χ0) is 13.0. The zero-order valence-corrected chi connectivity index (χ0v) is 10.6. The van der Waals surface area contributed by atoms with Crippen LogP contribution in [0.4, 0.5) is 0 Å². The van der Waals surface area contributed by atoms with Crippen molar-refractivity contribution in [2.24, 2.45) is 0 Å². The van der Waals surface area contributed by atoms with E-state index in [0.717, 1.165) is 11.1 Å². The normalized spacial score (nSPS) is 13.9. The molecule has 0 aromatic heterocycles. The number of benzene rings is 2. The zero-order valence-electron chi connectivity index (χ0n) is 10.6. The highest BCUT2D eigenvalue weighted by molar-refractivity contribution is 5.32. The minimum Gasteiger partial charge on any atom is -0.387 e. The van der Waals surface area contributed by atoms with E-state index < -0.39 is 6.10 Å². The number of aliphatic hydroxyl groups is 1. The molecule has 0 radical (unpaired) electrons. The van der Waals surface area contributed by atoms with E-state index in [1.807, 2.05) is 48.5 Å². The highest BCUT2D eigenvalue weighted by Gasteiger charge is 2.19. The van der Waals surface area contributed by atoms with Gasteiger partial charge in [0.2, 0.25) is 0 Å². The molecule has 0 heterocycles. The maximum atomic E-state index is 10.5. The lowest BCUT2D eigenvalue weighted by molar-refractivity contribution is 0.162. The molecule has 0 amide bonds. The van der Waals surface area contributed by atoms with Crippen LogP contribution in [0.15, 0.2) is 67.3 Å². The van der Waals surface area contributed by atoms with Crippen LogP contribution in [0.1, 0.15) is 28.7 Å². The van der Waals surface area contributed by atoms with Gasteiger partial charge in [0.15, 0.2) is 0 Å². The Hall–Kier alpha value is -1.86. The molecule has 2 atom stereocenters. The van der Waals surface area contributed by atoms with Crippen molar-refractivity contribution < 1.29 is 5.11 Å². The van der Waals surface area contributed by atoms with E-state index in [2.05, 4.69) is 25.6 Å². The molecule has 1 N–H and O–H groups in total. The molecular weight excluding hydrogens is 220 g/mol. The van der Waals surface area contributed by atoms with E-state index in [4.69, 9.17) is 0 Å². The average molecular weight is 238 g/mol. The van der Waals surface area contributed by atoms with E-state index in [9.17, 15) is 5.11 Å². The maximum Gasteiger partial charge on any atom is 0.0893 e. The van der Waals surface area contributed by atoms with Crippen molar-refractivity contribution in [1.82, 2.24) is 0 Å². The van der Waals surface area contributed by atoms with Crippen molar-refractivity contribution in [2.75, 3.05) is 0 Å². The van der Waals surface area contributed by atoms with Gasteiger partial charge in [0.25, 0.3) is 0 Å². The standard InChI is InChI=1S/C17H18O/c1-3-16(15-11-7-8-13(2)12-15)17(18)14-9-5-4-6-10-14/h3-12,16-18H,1H2,2H3/t16-,17-/m1/s1. The molecule has 0 aliphatic rings. The summed E-state index contributed by atoms with van der Waals surface area (Å²) in [7, 11) is 0. The van der Waals surface area contributed by atoms with Gasteiger partial charge in [-0.05, 0) is 18.1 Å². The fourth-order valence-electron chi connectivity index (χ4n) is 2.18. The molecule has 0 aliphatic heterocycles. The van der Waals surface area contributed by atoms with Crippen LogP contribution in [0.3, 0.4) is 0 Å². The van der Waals surface area contributed by atoms with Gasteiger partial charge in [-0.2, -0.15) is 0 Å². The lowest BCUT2D eigenvalue weighted by atomic mass is 9.88. The van der Waals surface area contributed by atoms with Gasteiger partial charge in [-0.15, -0.1) is 6.58 Å². The van der Waals surface area contributed by atoms with Crippen molar-refractivity contribution in [3.63, 3.8) is 0 Å². The first-order chi connectivity index (χ1) is 8.72. The van der Waals surface area contributed by atoms with Gasteiger partial charge in [-0.1, -0.05) is 66.2 Å². The summed E-state index contributed by atoms with van der Waals surface area (Å²) in [6.07, 6.45) is 1.26. The lowest BCUT2D eigenvalue weighted by Crippen LogP contribution is -2.08. The van der Waals surface area contributed by atoms with Gasteiger partial charge in [-0.3, -0.25) is 0 Å². The van der Waals surface area contributed by atoms with Crippen LogP contribution in [0.2, 0.25) is 0 Å². The monoisotopic (exact) mass is 238 g/mol. The van der Waals surface area contributed by atoms with E-state index >= 15 is 0 Å². The molecule has 0 bridgehead atoms. The Morgan fingerprint density at radius 1 is 1.00 bits per heavy atom. The summed E-state index contributed by atoms with van der Waals surface area (Å²) in [6, 6.07) is 17.9. The Kier molecular flexibility index (Phi) is 3.96.